The van der Waals surface area contributed by atoms with Crippen molar-refractivity contribution >= 4 is 40.5 Å². The van der Waals surface area contributed by atoms with E-state index in [0.29, 0.717) is 5.69 Å². The van der Waals surface area contributed by atoms with E-state index < -0.39 is 10.7 Å². The predicted molar refractivity (Wildman–Crippen MR) is 88.2 cm³/mol. The minimum absolute atomic E-state index is 0.426. The van der Waals surface area contributed by atoms with Gasteiger partial charge in [-0.15, -0.1) is 0 Å². The van der Waals surface area contributed by atoms with E-state index in [2.05, 4.69) is 15.4 Å². The molecule has 1 aliphatic heterocycles. The lowest BCUT2D eigenvalue weighted by Crippen LogP contribution is -2.25. The highest BCUT2D eigenvalue weighted by molar-refractivity contribution is 6.54. The maximum Gasteiger partial charge on any atom is 0.257 e. The Bertz CT molecular complexity index is 508. The largest absolute Gasteiger partial charge is 0.324 e. The summed E-state index contributed by atoms with van der Waals surface area (Å²) in [5.41, 5.74) is 2.68. The van der Waals surface area contributed by atoms with Gasteiger partial charge in [-0.3, -0.25) is 9.80 Å². The highest BCUT2D eigenvalue weighted by Crippen LogP contribution is 2.14. The van der Waals surface area contributed by atoms with E-state index >= 15 is 0 Å². The van der Waals surface area contributed by atoms with Crippen LogP contribution >= 0.6 is 23.2 Å². The van der Waals surface area contributed by atoms with Crippen molar-refractivity contribution in [3.05, 3.63) is 29.8 Å². The average molecular weight is 328 g/mol. The molecule has 0 radical (unpaired) electrons. The van der Waals surface area contributed by atoms with Gasteiger partial charge >= 0.3 is 0 Å². The third-order valence-corrected chi connectivity index (χ3v) is 3.79. The molecular weight excluding hydrogens is 309 g/mol. The van der Waals surface area contributed by atoms with Gasteiger partial charge in [-0.25, -0.2) is 0 Å². The molecule has 0 spiro atoms. The van der Waals surface area contributed by atoms with Crippen molar-refractivity contribution in [3.63, 3.8) is 0 Å². The van der Waals surface area contributed by atoms with Gasteiger partial charge in [0.25, 0.3) is 5.91 Å². The molecule has 1 aromatic rings. The Morgan fingerprint density at radius 3 is 2.38 bits per heavy atom. The number of nitrogens with zero attached hydrogens (tertiary/aromatic N) is 2. The molecule has 2 rings (SSSR count). The van der Waals surface area contributed by atoms with E-state index in [0.717, 1.165) is 24.4 Å². The highest BCUT2D eigenvalue weighted by atomic mass is 35.5. The van der Waals surface area contributed by atoms with Gasteiger partial charge in [-0.1, -0.05) is 35.3 Å². The predicted octanol–water partition coefficient (Wildman–Crippen LogP) is 3.64. The molecule has 1 heterocycles. The Morgan fingerprint density at radius 1 is 1.19 bits per heavy atom. The zero-order chi connectivity index (χ0) is 15.2. The lowest BCUT2D eigenvalue weighted by Gasteiger charge is -2.24. The van der Waals surface area contributed by atoms with Crippen molar-refractivity contribution in [3.8, 4) is 0 Å². The number of benzene rings is 1. The summed E-state index contributed by atoms with van der Waals surface area (Å²) in [7, 11) is 0. The van der Waals surface area contributed by atoms with Crippen LogP contribution in [0, 0.1) is 0 Å². The summed E-state index contributed by atoms with van der Waals surface area (Å²) < 4.78 is 0. The van der Waals surface area contributed by atoms with Crippen LogP contribution in [0.15, 0.2) is 29.4 Å². The second-order valence-electron chi connectivity index (χ2n) is 5.07. The zero-order valence-electron chi connectivity index (χ0n) is 12.0. The van der Waals surface area contributed by atoms with Gasteiger partial charge in [-0.2, -0.15) is 5.10 Å². The monoisotopic (exact) mass is 327 g/mol. The van der Waals surface area contributed by atoms with E-state index in [1.54, 1.807) is 0 Å². The van der Waals surface area contributed by atoms with Crippen molar-refractivity contribution < 1.29 is 4.79 Å². The van der Waals surface area contributed by atoms with Gasteiger partial charge in [0.1, 0.15) is 0 Å². The van der Waals surface area contributed by atoms with Gasteiger partial charge in [0.05, 0.1) is 5.71 Å². The number of hydrogen-bond acceptors (Lipinski definition) is 3. The van der Waals surface area contributed by atoms with E-state index in [4.69, 9.17) is 23.2 Å². The van der Waals surface area contributed by atoms with Crippen LogP contribution in [0.5, 0.6) is 0 Å². The minimum Gasteiger partial charge on any atom is -0.324 e. The summed E-state index contributed by atoms with van der Waals surface area (Å²) in [6.07, 6.45) is 3.71. The number of amides is 1. The Morgan fingerprint density at radius 2 is 1.81 bits per heavy atom. The summed E-state index contributed by atoms with van der Waals surface area (Å²) in [5, 5.41) is 9.41. The first-order valence-corrected chi connectivity index (χ1v) is 7.93. The molecule has 0 aromatic heterocycles. The van der Waals surface area contributed by atoms with Crippen LogP contribution < -0.4 is 5.32 Å². The summed E-state index contributed by atoms with van der Waals surface area (Å²) >= 11 is 11.0. The fourth-order valence-corrected chi connectivity index (χ4v) is 2.35. The molecule has 1 aromatic carbocycles. The van der Waals surface area contributed by atoms with Crippen molar-refractivity contribution in [2.45, 2.75) is 31.0 Å². The lowest BCUT2D eigenvalue weighted by molar-refractivity contribution is -0.114. The number of carbonyl (C=O) groups excluding carboxylic acids is 1. The molecule has 21 heavy (non-hydrogen) atoms. The molecule has 1 N–H and O–H groups in total. The number of rotatable bonds is 4. The molecule has 6 heteroatoms. The number of hydrazone groups is 1. The Labute approximate surface area is 135 Å². The third kappa shape index (κ3) is 4.90. The number of carbonyl (C=O) groups is 1. The zero-order valence-corrected chi connectivity index (χ0v) is 13.5. The fraction of sp³-hybridized carbons (Fsp3) is 0.467. The minimum atomic E-state index is -1.06. The van der Waals surface area contributed by atoms with Crippen LogP contribution in [0.4, 0.5) is 5.69 Å². The van der Waals surface area contributed by atoms with Crippen molar-refractivity contribution in [1.82, 2.24) is 5.01 Å². The van der Waals surface area contributed by atoms with Gasteiger partial charge < -0.3 is 5.32 Å². The first-order valence-electron chi connectivity index (χ1n) is 7.06. The number of nitrogens with one attached hydrogen (secondary N) is 1. The topological polar surface area (TPSA) is 44.7 Å². The van der Waals surface area contributed by atoms with Crippen LogP contribution in [-0.4, -0.2) is 34.6 Å². The maximum absolute atomic E-state index is 11.4. The second-order valence-corrected chi connectivity index (χ2v) is 6.16. The van der Waals surface area contributed by atoms with Gasteiger partial charge in [0.15, 0.2) is 4.84 Å². The molecule has 4 nitrogen and oxygen atoms in total. The molecule has 0 unspecified atom stereocenters. The molecule has 1 amide bonds. The van der Waals surface area contributed by atoms with Crippen molar-refractivity contribution in [2.75, 3.05) is 18.4 Å². The molecule has 0 aliphatic carbocycles. The second kappa shape index (κ2) is 7.66. The maximum atomic E-state index is 11.4. The first-order chi connectivity index (χ1) is 10.1. The molecule has 1 saturated heterocycles. The van der Waals surface area contributed by atoms with Crippen molar-refractivity contribution in [1.29, 1.82) is 0 Å². The average Bonchev–Trinajstić information content (AvgIpc) is 2.48. The van der Waals surface area contributed by atoms with Crippen molar-refractivity contribution in [2.24, 2.45) is 5.10 Å². The highest BCUT2D eigenvalue weighted by Gasteiger charge is 2.11. The Balaban J connectivity index is 2.00. The summed E-state index contributed by atoms with van der Waals surface area (Å²) in [6.45, 7) is 4.05. The SMILES string of the molecule is CC(=NN1CCCCC1)c1ccc(NC(=O)C(Cl)Cl)cc1. The van der Waals surface area contributed by atoms with Crippen LogP contribution in [0.1, 0.15) is 31.7 Å². The molecule has 1 aliphatic rings. The number of hydrogen-bond donors (Lipinski definition) is 1. The van der Waals surface area contributed by atoms with Crippen LogP contribution in [0.25, 0.3) is 0 Å². The first kappa shape index (κ1) is 16.1. The normalized spacial score (nSPS) is 16.2. The summed E-state index contributed by atoms with van der Waals surface area (Å²) in [4.78, 5) is 10.3. The fourth-order valence-electron chi connectivity index (χ4n) is 2.24. The standard InChI is InChI=1S/C15H19Cl2N3O/c1-11(19-20-9-3-2-4-10-20)12-5-7-13(8-6-12)18-15(21)14(16)17/h5-8,14H,2-4,9-10H2,1H3,(H,18,21). The smallest absolute Gasteiger partial charge is 0.257 e. The molecular formula is C15H19Cl2N3O. The number of alkyl halides is 2. The Kier molecular flexibility index (Phi) is 5.88. The summed E-state index contributed by atoms with van der Waals surface area (Å²) in [5.74, 6) is -0.426. The van der Waals surface area contributed by atoms with Gasteiger partial charge in [-0.05, 0) is 43.9 Å². The molecule has 0 saturated carbocycles. The molecule has 1 fully saturated rings. The number of anilines is 1. The quantitative estimate of drug-likeness (QED) is 0.677. The molecule has 0 bridgehead atoms. The lowest BCUT2D eigenvalue weighted by atomic mass is 10.1. The van der Waals surface area contributed by atoms with Crippen LogP contribution in [0.3, 0.4) is 0 Å². The van der Waals surface area contributed by atoms with Gasteiger partial charge in [0.2, 0.25) is 0 Å². The van der Waals surface area contributed by atoms with Crippen LogP contribution in [-0.2, 0) is 4.79 Å². The van der Waals surface area contributed by atoms with E-state index in [1.165, 1.54) is 19.3 Å². The van der Waals surface area contributed by atoms with E-state index in [1.807, 2.05) is 31.2 Å². The molecule has 114 valence electrons. The Hall–Kier alpha value is -1.26. The van der Waals surface area contributed by atoms with Gasteiger partial charge in [0, 0.05) is 18.8 Å². The number of piperidine rings is 1. The van der Waals surface area contributed by atoms with Crippen LogP contribution in [0.2, 0.25) is 0 Å². The third-order valence-electron chi connectivity index (χ3n) is 3.39. The van der Waals surface area contributed by atoms with E-state index in [9.17, 15) is 4.79 Å². The number of halogens is 2. The van der Waals surface area contributed by atoms with E-state index in [-0.39, 0.29) is 0 Å². The summed E-state index contributed by atoms with van der Waals surface area (Å²) in [6, 6.07) is 7.49. The molecule has 0 atom stereocenters.